The molecule has 3 aromatic rings. The number of amides is 1. The van der Waals surface area contributed by atoms with Crippen molar-refractivity contribution in [3.05, 3.63) is 53.4 Å². The molecule has 2 fully saturated rings. The molecule has 2 bridgehead atoms. The van der Waals surface area contributed by atoms with E-state index in [9.17, 15) is 9.59 Å². The Balaban J connectivity index is 1.44. The Labute approximate surface area is 203 Å². The molecule has 0 radical (unpaired) electrons. The van der Waals surface area contributed by atoms with Crippen molar-refractivity contribution in [1.82, 2.24) is 24.2 Å². The zero-order valence-electron chi connectivity index (χ0n) is 19.6. The Morgan fingerprint density at radius 1 is 1.15 bits per heavy atom. The van der Waals surface area contributed by atoms with Crippen LogP contribution < -0.4 is 0 Å². The molecule has 34 heavy (non-hydrogen) atoms. The second-order valence-electron chi connectivity index (χ2n) is 10.0. The molecule has 2 unspecified atom stereocenters. The number of piperazine rings is 1. The number of pyridine rings is 2. The summed E-state index contributed by atoms with van der Waals surface area (Å²) in [5.41, 5.74) is 2.83. The van der Waals surface area contributed by atoms with E-state index in [2.05, 4.69) is 14.3 Å². The summed E-state index contributed by atoms with van der Waals surface area (Å²) in [6.07, 6.45) is 3.99. The van der Waals surface area contributed by atoms with Crippen molar-refractivity contribution in [3.8, 4) is 11.4 Å². The minimum absolute atomic E-state index is 0.203. The van der Waals surface area contributed by atoms with Crippen LogP contribution >= 0.6 is 11.6 Å². The van der Waals surface area contributed by atoms with Gasteiger partial charge in [0.05, 0.1) is 28.5 Å². The number of carbonyl (C=O) groups excluding carboxylic acids is 2. The number of ether oxygens (including phenoxy) is 1. The molecule has 0 saturated carbocycles. The topological polar surface area (TPSA) is 80.0 Å². The van der Waals surface area contributed by atoms with Gasteiger partial charge >= 0.3 is 6.09 Å². The average molecular weight is 482 g/mol. The molecule has 5 rings (SSSR count). The van der Waals surface area contributed by atoms with Gasteiger partial charge in [0.2, 0.25) is 0 Å². The Morgan fingerprint density at radius 3 is 2.53 bits per heavy atom. The second kappa shape index (κ2) is 8.67. The lowest BCUT2D eigenvalue weighted by Gasteiger charge is -2.49. The van der Waals surface area contributed by atoms with Crippen LogP contribution in [0.5, 0.6) is 0 Å². The maximum absolute atomic E-state index is 12.9. The lowest BCUT2D eigenvalue weighted by Crippen LogP contribution is -2.64. The van der Waals surface area contributed by atoms with Gasteiger partial charge in [0.1, 0.15) is 22.7 Å². The number of fused-ring (bicyclic) bond motifs is 3. The molecule has 8 nitrogen and oxygen atoms in total. The van der Waals surface area contributed by atoms with Crippen LogP contribution in [0, 0.1) is 0 Å². The Hall–Kier alpha value is -2.97. The third-order valence-electron chi connectivity index (χ3n) is 6.23. The Morgan fingerprint density at radius 2 is 1.88 bits per heavy atom. The van der Waals surface area contributed by atoms with E-state index in [1.54, 1.807) is 11.1 Å². The van der Waals surface area contributed by atoms with Crippen LogP contribution in [0.25, 0.3) is 17.0 Å². The molecule has 3 aromatic heterocycles. The monoisotopic (exact) mass is 481 g/mol. The number of rotatable bonds is 3. The quantitative estimate of drug-likeness (QED) is 0.557. The number of piperidine rings is 1. The van der Waals surface area contributed by atoms with Crippen molar-refractivity contribution in [2.24, 2.45) is 0 Å². The molecule has 2 atom stereocenters. The lowest BCUT2D eigenvalue weighted by molar-refractivity contribution is -0.128. The fraction of sp³-hybridized carbons (Fsp3) is 0.440. The number of imidazole rings is 1. The fourth-order valence-corrected chi connectivity index (χ4v) is 5.06. The fourth-order valence-electron chi connectivity index (χ4n) is 4.95. The van der Waals surface area contributed by atoms with Crippen molar-refractivity contribution in [2.45, 2.75) is 57.8 Å². The van der Waals surface area contributed by atoms with Crippen molar-refractivity contribution in [2.75, 3.05) is 13.1 Å². The molecule has 2 aliphatic rings. The highest BCUT2D eigenvalue weighted by Gasteiger charge is 2.44. The molecule has 178 valence electrons. The highest BCUT2D eigenvalue weighted by atomic mass is 35.5. The van der Waals surface area contributed by atoms with Crippen LogP contribution in [0.1, 0.15) is 39.3 Å². The second-order valence-corrected chi connectivity index (χ2v) is 10.5. The van der Waals surface area contributed by atoms with E-state index in [1.807, 2.05) is 57.3 Å². The zero-order chi connectivity index (χ0) is 24.0. The lowest BCUT2D eigenvalue weighted by atomic mass is 9.90. The first kappa shape index (κ1) is 22.8. The number of hydrogen-bond donors (Lipinski definition) is 0. The molecule has 1 amide bonds. The molecule has 5 heterocycles. The van der Waals surface area contributed by atoms with Gasteiger partial charge in [-0.05, 0) is 45.0 Å². The number of nitrogens with zero attached hydrogens (tertiary/aromatic N) is 5. The normalized spacial score (nSPS) is 21.2. The van der Waals surface area contributed by atoms with Gasteiger partial charge in [0.15, 0.2) is 0 Å². The summed E-state index contributed by atoms with van der Waals surface area (Å²) in [4.78, 5) is 38.7. The summed E-state index contributed by atoms with van der Waals surface area (Å²) in [6.45, 7) is 7.38. The van der Waals surface area contributed by atoms with Gasteiger partial charge in [-0.1, -0.05) is 17.7 Å². The molecule has 0 aromatic carbocycles. The number of ketones is 1. The zero-order valence-corrected chi connectivity index (χ0v) is 20.3. The first-order chi connectivity index (χ1) is 16.2. The van der Waals surface area contributed by atoms with E-state index in [1.165, 1.54) is 0 Å². The third kappa shape index (κ3) is 4.52. The summed E-state index contributed by atoms with van der Waals surface area (Å²) in [7, 11) is 0. The molecule has 0 N–H and O–H groups in total. The van der Waals surface area contributed by atoms with E-state index in [4.69, 9.17) is 21.3 Å². The number of carbonyl (C=O) groups is 2. The maximum atomic E-state index is 12.9. The summed E-state index contributed by atoms with van der Waals surface area (Å²) in [5, 5.41) is 0.574. The summed E-state index contributed by atoms with van der Waals surface area (Å²) < 4.78 is 7.73. The van der Waals surface area contributed by atoms with Crippen LogP contribution in [0.3, 0.4) is 0 Å². The van der Waals surface area contributed by atoms with Crippen LogP contribution in [0.2, 0.25) is 5.02 Å². The first-order valence-electron chi connectivity index (χ1n) is 11.5. The summed E-state index contributed by atoms with van der Waals surface area (Å²) >= 11 is 6.05. The van der Waals surface area contributed by atoms with Crippen LogP contribution in [-0.4, -0.2) is 66.8 Å². The average Bonchev–Trinajstić information content (AvgIpc) is 3.10. The third-order valence-corrected chi connectivity index (χ3v) is 6.45. The van der Waals surface area contributed by atoms with Gasteiger partial charge in [0.25, 0.3) is 0 Å². The number of likely N-dealkylation sites (tertiary alicyclic amines) is 1. The Bertz CT molecular complexity index is 1220. The van der Waals surface area contributed by atoms with Crippen molar-refractivity contribution in [3.63, 3.8) is 0 Å². The number of Topliss-reactive ketones (excluding diaryl/α,β-unsaturated/α-hetero) is 1. The SMILES string of the molecule is CC(C)(C)OC(=O)N1C2CC(=O)CC1CN(Cc1c(-c3ccc(Cl)cn3)nc3ccccn13)C2. The predicted octanol–water partition coefficient (Wildman–Crippen LogP) is 4.20. The molecule has 2 saturated heterocycles. The van der Waals surface area contributed by atoms with Crippen molar-refractivity contribution < 1.29 is 14.3 Å². The van der Waals surface area contributed by atoms with E-state index in [-0.39, 0.29) is 24.0 Å². The number of aromatic nitrogens is 3. The minimum atomic E-state index is -0.580. The van der Waals surface area contributed by atoms with E-state index >= 15 is 0 Å². The Kier molecular flexibility index (Phi) is 5.81. The van der Waals surface area contributed by atoms with Gasteiger partial charge < -0.3 is 9.14 Å². The van der Waals surface area contributed by atoms with E-state index in [0.717, 1.165) is 22.7 Å². The minimum Gasteiger partial charge on any atom is -0.444 e. The highest BCUT2D eigenvalue weighted by molar-refractivity contribution is 6.30. The van der Waals surface area contributed by atoms with E-state index < -0.39 is 5.60 Å². The van der Waals surface area contributed by atoms with Crippen LogP contribution in [0.4, 0.5) is 4.79 Å². The standard InChI is InChI=1S/C25H28ClN5O3/c1-25(2,3)34-24(33)31-17-10-19(32)11-18(31)14-29(13-17)15-21-23(20-8-7-16(26)12-27-20)28-22-6-4-5-9-30(21)22/h4-9,12,17-18H,10-11,13-15H2,1-3H3. The maximum Gasteiger partial charge on any atom is 0.410 e. The molecule has 0 aliphatic carbocycles. The first-order valence-corrected chi connectivity index (χ1v) is 11.9. The number of halogens is 1. The van der Waals surface area contributed by atoms with Gasteiger partial charge in [-0.25, -0.2) is 9.78 Å². The largest absolute Gasteiger partial charge is 0.444 e. The highest BCUT2D eigenvalue weighted by Crippen LogP contribution is 2.31. The van der Waals surface area contributed by atoms with Gasteiger partial charge in [-0.2, -0.15) is 0 Å². The van der Waals surface area contributed by atoms with Gasteiger partial charge in [0, 0.05) is 44.9 Å². The van der Waals surface area contributed by atoms with Crippen LogP contribution in [0.15, 0.2) is 42.7 Å². The van der Waals surface area contributed by atoms with Crippen molar-refractivity contribution >= 4 is 29.1 Å². The molecule has 9 heteroatoms. The molecule has 2 aliphatic heterocycles. The molecular formula is C25H28ClN5O3. The van der Waals surface area contributed by atoms with Gasteiger partial charge in [-0.3, -0.25) is 19.6 Å². The molecule has 0 spiro atoms. The summed E-state index contributed by atoms with van der Waals surface area (Å²) in [6, 6.07) is 9.19. The predicted molar refractivity (Wildman–Crippen MR) is 129 cm³/mol. The van der Waals surface area contributed by atoms with Crippen molar-refractivity contribution in [1.29, 1.82) is 0 Å². The van der Waals surface area contributed by atoms with Gasteiger partial charge in [-0.15, -0.1) is 0 Å². The van der Waals surface area contributed by atoms with E-state index in [0.29, 0.717) is 37.5 Å². The summed E-state index contributed by atoms with van der Waals surface area (Å²) in [5.74, 6) is 0.204. The van der Waals surface area contributed by atoms with Crippen LogP contribution in [-0.2, 0) is 16.1 Å². The molecular weight excluding hydrogens is 454 g/mol. The number of hydrogen-bond acceptors (Lipinski definition) is 6. The smallest absolute Gasteiger partial charge is 0.410 e.